The molecule has 0 aliphatic carbocycles. The first kappa shape index (κ1) is 11.7. The Kier molecular flexibility index (Phi) is 7.17. The van der Waals surface area contributed by atoms with Gasteiger partial charge in [0.15, 0.2) is 0 Å². The van der Waals surface area contributed by atoms with Crippen LogP contribution in [-0.4, -0.2) is 11.2 Å². The second-order valence-electron chi connectivity index (χ2n) is 3.65. The maximum Gasteiger partial charge on any atom is 0.0515 e. The molecular formula is C11H22O. The lowest BCUT2D eigenvalue weighted by molar-refractivity contribution is 0.186. The molecule has 0 spiro atoms. The molecule has 0 aromatic carbocycles. The molecule has 0 aliphatic rings. The Morgan fingerprint density at radius 1 is 1.25 bits per heavy atom. The smallest absolute Gasteiger partial charge is 0.0515 e. The average molecular weight is 170 g/mol. The number of hydrogen-bond donors (Lipinski definition) is 1. The summed E-state index contributed by atoms with van der Waals surface area (Å²) < 4.78 is 0. The van der Waals surface area contributed by atoms with Gasteiger partial charge in [-0.15, -0.1) is 0 Å². The van der Waals surface area contributed by atoms with Gasteiger partial charge in [0.25, 0.3) is 0 Å². The second-order valence-corrected chi connectivity index (χ2v) is 3.65. The third-order valence-electron chi connectivity index (χ3n) is 2.15. The molecule has 2 atom stereocenters. The monoisotopic (exact) mass is 170 g/mol. The van der Waals surface area contributed by atoms with E-state index in [1.54, 1.807) is 0 Å². The minimum Gasteiger partial charge on any atom is -0.393 e. The highest BCUT2D eigenvalue weighted by Gasteiger charge is 1.94. The third-order valence-corrected chi connectivity index (χ3v) is 2.15. The number of aliphatic hydroxyl groups excluding tert-OH is 1. The molecule has 1 nitrogen and oxygen atoms in total. The predicted octanol–water partition coefficient (Wildman–Crippen LogP) is 3.14. The largest absolute Gasteiger partial charge is 0.393 e. The van der Waals surface area contributed by atoms with Crippen LogP contribution in [0.2, 0.25) is 0 Å². The minimum absolute atomic E-state index is 0.154. The number of hydrogen-bond acceptors (Lipinski definition) is 1. The Morgan fingerprint density at radius 3 is 2.42 bits per heavy atom. The first-order valence-electron chi connectivity index (χ1n) is 4.99. The maximum absolute atomic E-state index is 8.97. The van der Waals surface area contributed by atoms with Gasteiger partial charge in [-0.05, 0) is 32.1 Å². The topological polar surface area (TPSA) is 20.2 Å². The van der Waals surface area contributed by atoms with Crippen LogP contribution >= 0.6 is 0 Å². The summed E-state index contributed by atoms with van der Waals surface area (Å²) in [5.74, 6) is 0.799. The Labute approximate surface area is 76.5 Å². The van der Waals surface area contributed by atoms with Crippen molar-refractivity contribution in [3.05, 3.63) is 12.2 Å². The SMILES string of the molecule is CCC(C)CC=CCCC(C)O. The molecule has 0 saturated heterocycles. The van der Waals surface area contributed by atoms with Gasteiger partial charge in [0.1, 0.15) is 0 Å². The zero-order valence-corrected chi connectivity index (χ0v) is 8.59. The summed E-state index contributed by atoms with van der Waals surface area (Å²) >= 11 is 0. The zero-order chi connectivity index (χ0) is 9.40. The molecular weight excluding hydrogens is 148 g/mol. The quantitative estimate of drug-likeness (QED) is 0.607. The van der Waals surface area contributed by atoms with Crippen molar-refractivity contribution >= 4 is 0 Å². The fraction of sp³-hybridized carbons (Fsp3) is 0.818. The Bertz CT molecular complexity index is 116. The van der Waals surface area contributed by atoms with Crippen LogP contribution in [0.3, 0.4) is 0 Å². The molecule has 0 aliphatic heterocycles. The van der Waals surface area contributed by atoms with E-state index in [4.69, 9.17) is 5.11 Å². The van der Waals surface area contributed by atoms with Crippen molar-refractivity contribution in [1.29, 1.82) is 0 Å². The van der Waals surface area contributed by atoms with Crippen LogP contribution in [0, 0.1) is 5.92 Å². The average Bonchev–Trinajstić information content (AvgIpc) is 2.03. The number of aliphatic hydroxyl groups is 1. The van der Waals surface area contributed by atoms with Gasteiger partial charge in [-0.2, -0.15) is 0 Å². The van der Waals surface area contributed by atoms with Crippen LogP contribution in [0.15, 0.2) is 12.2 Å². The maximum atomic E-state index is 8.97. The Hall–Kier alpha value is -0.300. The van der Waals surface area contributed by atoms with Crippen LogP contribution in [0.5, 0.6) is 0 Å². The summed E-state index contributed by atoms with van der Waals surface area (Å²) in [6, 6.07) is 0. The van der Waals surface area contributed by atoms with Gasteiger partial charge in [-0.3, -0.25) is 0 Å². The standard InChI is InChI=1S/C11H22O/c1-4-10(2)8-6-5-7-9-11(3)12/h5-6,10-12H,4,7-9H2,1-3H3. The van der Waals surface area contributed by atoms with E-state index in [0.717, 1.165) is 18.8 Å². The van der Waals surface area contributed by atoms with Crippen LogP contribution in [-0.2, 0) is 0 Å². The van der Waals surface area contributed by atoms with E-state index in [1.165, 1.54) is 12.8 Å². The molecule has 12 heavy (non-hydrogen) atoms. The highest BCUT2D eigenvalue weighted by Crippen LogP contribution is 2.07. The molecule has 0 aromatic heterocycles. The highest BCUT2D eigenvalue weighted by molar-refractivity contribution is 4.83. The summed E-state index contributed by atoms with van der Waals surface area (Å²) in [5, 5.41) is 8.97. The summed E-state index contributed by atoms with van der Waals surface area (Å²) in [5.41, 5.74) is 0. The van der Waals surface area contributed by atoms with Gasteiger partial charge in [-0.1, -0.05) is 32.4 Å². The van der Waals surface area contributed by atoms with E-state index >= 15 is 0 Å². The predicted molar refractivity (Wildman–Crippen MR) is 54.1 cm³/mol. The van der Waals surface area contributed by atoms with Crippen LogP contribution in [0.4, 0.5) is 0 Å². The summed E-state index contributed by atoms with van der Waals surface area (Å²) in [6.07, 6.45) is 8.58. The molecule has 0 bridgehead atoms. The summed E-state index contributed by atoms with van der Waals surface area (Å²) in [4.78, 5) is 0. The lowest BCUT2D eigenvalue weighted by atomic mass is 10.0. The normalized spacial score (nSPS) is 16.7. The first-order valence-corrected chi connectivity index (χ1v) is 4.99. The van der Waals surface area contributed by atoms with E-state index in [1.807, 2.05) is 6.92 Å². The van der Waals surface area contributed by atoms with Gasteiger partial charge >= 0.3 is 0 Å². The fourth-order valence-corrected chi connectivity index (χ4v) is 0.950. The minimum atomic E-state index is -0.154. The number of allylic oxidation sites excluding steroid dienone is 2. The molecule has 1 heteroatoms. The highest BCUT2D eigenvalue weighted by atomic mass is 16.3. The van der Waals surface area contributed by atoms with Crippen LogP contribution in [0.1, 0.15) is 46.5 Å². The second kappa shape index (κ2) is 7.35. The van der Waals surface area contributed by atoms with E-state index in [2.05, 4.69) is 26.0 Å². The zero-order valence-electron chi connectivity index (χ0n) is 8.59. The lowest BCUT2D eigenvalue weighted by Crippen LogP contribution is -1.97. The van der Waals surface area contributed by atoms with Crippen molar-refractivity contribution < 1.29 is 5.11 Å². The van der Waals surface area contributed by atoms with Gasteiger partial charge in [0, 0.05) is 0 Å². The van der Waals surface area contributed by atoms with Crippen LogP contribution < -0.4 is 0 Å². The molecule has 0 radical (unpaired) electrons. The van der Waals surface area contributed by atoms with Gasteiger partial charge in [0.2, 0.25) is 0 Å². The van der Waals surface area contributed by atoms with Gasteiger partial charge < -0.3 is 5.11 Å². The fourth-order valence-electron chi connectivity index (χ4n) is 0.950. The van der Waals surface area contributed by atoms with Gasteiger partial charge in [-0.25, -0.2) is 0 Å². The van der Waals surface area contributed by atoms with Crippen LogP contribution in [0.25, 0.3) is 0 Å². The molecule has 0 amide bonds. The molecule has 1 N–H and O–H groups in total. The van der Waals surface area contributed by atoms with Crippen molar-refractivity contribution in [2.24, 2.45) is 5.92 Å². The lowest BCUT2D eigenvalue weighted by Gasteiger charge is -2.02. The van der Waals surface area contributed by atoms with Crippen molar-refractivity contribution in [3.63, 3.8) is 0 Å². The van der Waals surface area contributed by atoms with E-state index in [-0.39, 0.29) is 6.10 Å². The molecule has 2 unspecified atom stereocenters. The first-order chi connectivity index (χ1) is 5.66. The summed E-state index contributed by atoms with van der Waals surface area (Å²) in [7, 11) is 0. The molecule has 0 fully saturated rings. The van der Waals surface area contributed by atoms with Crippen molar-refractivity contribution in [2.45, 2.75) is 52.6 Å². The molecule has 0 saturated carbocycles. The number of rotatable bonds is 6. The van der Waals surface area contributed by atoms with Gasteiger partial charge in [0.05, 0.1) is 6.10 Å². The molecule has 0 aromatic rings. The Balaban J connectivity index is 3.25. The molecule has 72 valence electrons. The van der Waals surface area contributed by atoms with Crippen molar-refractivity contribution in [2.75, 3.05) is 0 Å². The third kappa shape index (κ3) is 7.80. The molecule has 0 heterocycles. The molecule has 0 rings (SSSR count). The van der Waals surface area contributed by atoms with Crippen molar-refractivity contribution in [1.82, 2.24) is 0 Å². The Morgan fingerprint density at radius 2 is 1.92 bits per heavy atom. The van der Waals surface area contributed by atoms with E-state index < -0.39 is 0 Å². The van der Waals surface area contributed by atoms with E-state index in [0.29, 0.717) is 0 Å². The summed E-state index contributed by atoms with van der Waals surface area (Å²) in [6.45, 7) is 6.32. The van der Waals surface area contributed by atoms with E-state index in [9.17, 15) is 0 Å². The van der Waals surface area contributed by atoms with Crippen molar-refractivity contribution in [3.8, 4) is 0 Å².